The van der Waals surface area contributed by atoms with Gasteiger partial charge in [-0.15, -0.1) is 16.9 Å². The van der Waals surface area contributed by atoms with Crippen molar-refractivity contribution in [2.45, 2.75) is 42.8 Å². The fraction of sp³-hybridized carbons (Fsp3) is 0.345. The number of hydrogen-bond donors (Lipinski definition) is 2. The maximum absolute atomic E-state index is 14.2. The minimum absolute atomic E-state index is 0.00334. The first kappa shape index (κ1) is 26.5. The number of amides is 1. The van der Waals surface area contributed by atoms with Crippen LogP contribution in [-0.2, 0) is 6.54 Å². The van der Waals surface area contributed by atoms with E-state index in [1.807, 2.05) is 24.5 Å². The number of anilines is 1. The van der Waals surface area contributed by atoms with Crippen molar-refractivity contribution in [2.24, 2.45) is 0 Å². The molecule has 2 unspecified atom stereocenters. The summed E-state index contributed by atoms with van der Waals surface area (Å²) in [5.74, 6) is -0.789. The summed E-state index contributed by atoms with van der Waals surface area (Å²) in [6.07, 6.45) is 6.16. The molecule has 8 nitrogen and oxygen atoms in total. The van der Waals surface area contributed by atoms with Gasteiger partial charge >= 0.3 is 0 Å². The van der Waals surface area contributed by atoms with Crippen LogP contribution in [0.25, 0.3) is 5.65 Å². The molecule has 2 aromatic carbocycles. The predicted octanol–water partition coefficient (Wildman–Crippen LogP) is 4.78. The van der Waals surface area contributed by atoms with E-state index in [1.54, 1.807) is 28.4 Å². The quantitative estimate of drug-likeness (QED) is 0.313. The van der Waals surface area contributed by atoms with Crippen molar-refractivity contribution in [3.05, 3.63) is 83.2 Å². The number of carbonyl (C=O) groups is 1. The lowest BCUT2D eigenvalue weighted by atomic mass is 10.0. The Morgan fingerprint density at radius 1 is 1.12 bits per heavy atom. The predicted molar refractivity (Wildman–Crippen MR) is 150 cm³/mol. The van der Waals surface area contributed by atoms with Crippen LogP contribution in [0.15, 0.2) is 59.6 Å². The highest BCUT2D eigenvalue weighted by Gasteiger charge is 2.30. The highest BCUT2D eigenvalue weighted by atomic mass is 32.2. The number of thioether (sulfide) groups is 1. The van der Waals surface area contributed by atoms with Gasteiger partial charge in [-0.2, -0.15) is 0 Å². The van der Waals surface area contributed by atoms with Gasteiger partial charge in [0.05, 0.1) is 12.2 Å². The molecule has 2 aliphatic rings. The molecule has 2 saturated heterocycles. The first-order valence-corrected chi connectivity index (χ1v) is 14.6. The number of carbonyl (C=O) groups excluding carboxylic acids is 1. The van der Waals surface area contributed by atoms with Crippen LogP contribution in [-0.4, -0.2) is 62.4 Å². The van der Waals surface area contributed by atoms with E-state index in [9.17, 15) is 18.7 Å². The lowest BCUT2D eigenvalue weighted by molar-refractivity contribution is 0.0930. The molecular formula is C29H30F2N6O2S. The Hall–Kier alpha value is -3.70. The molecule has 6 rings (SSSR count). The molecule has 1 amide bonds. The third-order valence-corrected chi connectivity index (χ3v) is 8.51. The maximum Gasteiger partial charge on any atom is 0.271 e. The number of hydrogen-bond acceptors (Lipinski definition) is 7. The van der Waals surface area contributed by atoms with E-state index in [1.165, 1.54) is 24.4 Å². The average Bonchev–Trinajstić information content (AvgIpc) is 3.70. The summed E-state index contributed by atoms with van der Waals surface area (Å²) in [4.78, 5) is 23.1. The van der Waals surface area contributed by atoms with Crippen LogP contribution < -0.4 is 10.2 Å². The highest BCUT2D eigenvalue weighted by Crippen LogP contribution is 2.39. The molecule has 0 bridgehead atoms. The molecule has 0 saturated carbocycles. The number of nitrogens with one attached hydrogen (secondary N) is 1. The number of nitrogens with zero attached hydrogens (tertiary/aromatic N) is 5. The number of benzene rings is 2. The van der Waals surface area contributed by atoms with E-state index in [2.05, 4.69) is 20.1 Å². The smallest absolute Gasteiger partial charge is 0.271 e. The molecule has 0 spiro atoms. The van der Waals surface area contributed by atoms with E-state index in [0.29, 0.717) is 30.2 Å². The molecule has 11 heteroatoms. The van der Waals surface area contributed by atoms with Crippen LogP contribution in [0.4, 0.5) is 14.6 Å². The van der Waals surface area contributed by atoms with Crippen molar-refractivity contribution in [3.8, 4) is 5.75 Å². The van der Waals surface area contributed by atoms with Gasteiger partial charge in [0.15, 0.2) is 22.9 Å². The van der Waals surface area contributed by atoms with Gasteiger partial charge in [-0.05, 0) is 79.1 Å². The molecule has 4 heterocycles. The molecule has 2 atom stereocenters. The molecule has 0 aliphatic carbocycles. The van der Waals surface area contributed by atoms with Gasteiger partial charge in [0.2, 0.25) is 0 Å². The van der Waals surface area contributed by atoms with Gasteiger partial charge in [0.25, 0.3) is 5.91 Å². The molecular weight excluding hydrogens is 534 g/mol. The van der Waals surface area contributed by atoms with Gasteiger partial charge in [0.1, 0.15) is 11.6 Å². The Kier molecular flexibility index (Phi) is 7.33. The SMILES string of the molecule is CSc1ccc(F)cc1C1CCCN1c1ccc2ncc(C(=O)NC3CCN(Cc4ccc(F)c(O)c4)C3)n2n1. The zero-order valence-corrected chi connectivity index (χ0v) is 22.9. The zero-order valence-electron chi connectivity index (χ0n) is 22.1. The minimum Gasteiger partial charge on any atom is -0.505 e. The second-order valence-electron chi connectivity index (χ2n) is 10.3. The maximum atomic E-state index is 14.2. The normalized spacial score (nSPS) is 19.5. The highest BCUT2D eigenvalue weighted by molar-refractivity contribution is 7.98. The van der Waals surface area contributed by atoms with Gasteiger partial charge in [-0.3, -0.25) is 9.69 Å². The van der Waals surface area contributed by atoms with Crippen molar-refractivity contribution >= 4 is 29.1 Å². The summed E-state index contributed by atoms with van der Waals surface area (Å²) < 4.78 is 29.1. The van der Waals surface area contributed by atoms with Crippen molar-refractivity contribution in [3.63, 3.8) is 0 Å². The van der Waals surface area contributed by atoms with Crippen LogP contribution in [0.3, 0.4) is 0 Å². The first-order chi connectivity index (χ1) is 19.4. The lowest BCUT2D eigenvalue weighted by Crippen LogP contribution is -2.37. The number of aromatic hydroxyl groups is 1. The van der Waals surface area contributed by atoms with Crippen molar-refractivity contribution in [1.29, 1.82) is 0 Å². The van der Waals surface area contributed by atoms with E-state index >= 15 is 0 Å². The number of aromatic nitrogens is 3. The second kappa shape index (κ2) is 11.1. The number of likely N-dealkylation sites (tertiary alicyclic amines) is 1. The van der Waals surface area contributed by atoms with Gasteiger partial charge in [-0.1, -0.05) is 6.07 Å². The molecule has 2 aromatic heterocycles. The summed E-state index contributed by atoms with van der Waals surface area (Å²) in [5.41, 5.74) is 2.69. The van der Waals surface area contributed by atoms with Crippen molar-refractivity contribution in [2.75, 3.05) is 30.8 Å². The van der Waals surface area contributed by atoms with E-state index in [-0.39, 0.29) is 29.6 Å². The van der Waals surface area contributed by atoms with Crippen LogP contribution in [0.5, 0.6) is 5.75 Å². The largest absolute Gasteiger partial charge is 0.505 e. The average molecular weight is 565 g/mol. The summed E-state index contributed by atoms with van der Waals surface area (Å²) in [5, 5.41) is 17.6. The van der Waals surface area contributed by atoms with Gasteiger partial charge < -0.3 is 15.3 Å². The van der Waals surface area contributed by atoms with E-state index < -0.39 is 5.82 Å². The van der Waals surface area contributed by atoms with E-state index in [0.717, 1.165) is 48.4 Å². The molecule has 208 valence electrons. The van der Waals surface area contributed by atoms with Gasteiger partial charge in [0, 0.05) is 37.1 Å². The Labute approximate surface area is 235 Å². The number of rotatable bonds is 7. The van der Waals surface area contributed by atoms with Crippen molar-refractivity contribution < 1.29 is 18.7 Å². The number of phenolic OH excluding ortho intramolecular Hbond substituents is 1. The topological polar surface area (TPSA) is 86.0 Å². The summed E-state index contributed by atoms with van der Waals surface area (Å²) >= 11 is 1.60. The Bertz CT molecular complexity index is 1560. The summed E-state index contributed by atoms with van der Waals surface area (Å²) in [6.45, 7) is 2.75. The third-order valence-electron chi connectivity index (χ3n) is 7.70. The molecule has 2 aliphatic heterocycles. The Morgan fingerprint density at radius 3 is 2.83 bits per heavy atom. The number of fused-ring (bicyclic) bond motifs is 1. The van der Waals surface area contributed by atoms with Crippen LogP contribution >= 0.6 is 11.8 Å². The van der Waals surface area contributed by atoms with Crippen molar-refractivity contribution in [1.82, 2.24) is 24.8 Å². The van der Waals surface area contributed by atoms with Crippen LogP contribution in [0.2, 0.25) is 0 Å². The third kappa shape index (κ3) is 5.23. The van der Waals surface area contributed by atoms with Crippen LogP contribution in [0, 0.1) is 11.6 Å². The molecule has 2 N–H and O–H groups in total. The number of phenols is 1. The zero-order chi connectivity index (χ0) is 27.8. The standard InChI is InChI=1S/C29H30F2N6O2S/c1-40-26-7-5-19(30)14-21(26)23-3-2-11-36(23)28-9-8-27-32-15-24(37(27)34-28)29(39)33-20-10-12-35(17-20)16-18-4-6-22(31)25(38)13-18/h4-9,13-15,20,23,38H,2-3,10-12,16-17H2,1H3,(H,33,39). The molecule has 2 fully saturated rings. The fourth-order valence-electron chi connectivity index (χ4n) is 5.77. The Balaban J connectivity index is 1.17. The first-order valence-electron chi connectivity index (χ1n) is 13.3. The molecule has 4 aromatic rings. The molecule has 40 heavy (non-hydrogen) atoms. The fourth-order valence-corrected chi connectivity index (χ4v) is 6.40. The second-order valence-corrected chi connectivity index (χ2v) is 11.2. The Morgan fingerprint density at radius 2 is 2.00 bits per heavy atom. The van der Waals surface area contributed by atoms with Gasteiger partial charge in [-0.25, -0.2) is 18.3 Å². The summed E-state index contributed by atoms with van der Waals surface area (Å²) in [6, 6.07) is 13.0. The number of halogens is 2. The van der Waals surface area contributed by atoms with E-state index in [4.69, 9.17) is 5.10 Å². The monoisotopic (exact) mass is 564 g/mol. The summed E-state index contributed by atoms with van der Waals surface area (Å²) in [7, 11) is 0. The minimum atomic E-state index is -0.640. The lowest BCUT2D eigenvalue weighted by Gasteiger charge is -2.27. The molecule has 0 radical (unpaired) electrons. The van der Waals surface area contributed by atoms with Crippen LogP contribution in [0.1, 0.15) is 46.9 Å². The number of imidazole rings is 1.